The molecule has 0 aliphatic heterocycles. The maximum absolute atomic E-state index is 12.9. The summed E-state index contributed by atoms with van der Waals surface area (Å²) in [6, 6.07) is 15.8. The molecule has 1 heterocycles. The fraction of sp³-hybridized carbons (Fsp3) is 0. The van der Waals surface area contributed by atoms with Crippen molar-refractivity contribution >= 4 is 47.0 Å². The van der Waals surface area contributed by atoms with E-state index >= 15 is 0 Å². The largest absolute Gasteiger partial charge is 0.317 e. The molecule has 0 radical (unpaired) electrons. The van der Waals surface area contributed by atoms with Crippen LogP contribution in [0.5, 0.6) is 0 Å². The molecule has 0 bridgehead atoms. The molecule has 5 nitrogen and oxygen atoms in total. The third-order valence-electron chi connectivity index (χ3n) is 3.69. The van der Waals surface area contributed by atoms with Gasteiger partial charge in [0.15, 0.2) is 0 Å². The van der Waals surface area contributed by atoms with E-state index in [9.17, 15) is 14.0 Å². The Balaban J connectivity index is 1.76. The molecule has 0 saturated carbocycles. The number of hydrogen-bond donors (Lipinski definition) is 2. The van der Waals surface area contributed by atoms with Crippen molar-refractivity contribution in [1.29, 1.82) is 0 Å². The van der Waals surface area contributed by atoms with Gasteiger partial charge in [-0.2, -0.15) is 5.10 Å². The van der Waals surface area contributed by atoms with E-state index in [-0.39, 0.29) is 22.1 Å². The molecule has 2 amide bonds. The molecule has 2 aromatic carbocycles. The lowest BCUT2D eigenvalue weighted by Gasteiger charge is -2.09. The summed E-state index contributed by atoms with van der Waals surface area (Å²) >= 11 is 7.47. The number of nitrogens with zero attached hydrogens (tertiary/aromatic N) is 1. The van der Waals surface area contributed by atoms with Crippen LogP contribution < -0.4 is 10.7 Å². The van der Waals surface area contributed by atoms with E-state index in [1.807, 2.05) is 11.4 Å². The Hall–Kier alpha value is -3.29. The van der Waals surface area contributed by atoms with Gasteiger partial charge in [-0.3, -0.25) is 9.59 Å². The molecule has 0 unspecified atom stereocenters. The average Bonchev–Trinajstić information content (AvgIpc) is 3.22. The van der Waals surface area contributed by atoms with E-state index in [2.05, 4.69) is 15.8 Å². The van der Waals surface area contributed by atoms with Crippen molar-refractivity contribution in [2.45, 2.75) is 0 Å². The van der Waals surface area contributed by atoms with Gasteiger partial charge >= 0.3 is 0 Å². The van der Waals surface area contributed by atoms with Crippen LogP contribution in [0, 0.1) is 5.82 Å². The molecule has 0 fully saturated rings. The lowest BCUT2D eigenvalue weighted by molar-refractivity contribution is -0.117. The number of rotatable bonds is 6. The summed E-state index contributed by atoms with van der Waals surface area (Å²) in [5.74, 6) is -1.50. The summed E-state index contributed by atoms with van der Waals surface area (Å²) in [6.07, 6.45) is 2.91. The number of carbonyl (C=O) groups excluding carboxylic acids is 2. The van der Waals surface area contributed by atoms with Gasteiger partial charge in [-0.1, -0.05) is 41.9 Å². The molecule has 0 saturated heterocycles. The Morgan fingerprint density at radius 3 is 2.48 bits per heavy atom. The molecule has 0 spiro atoms. The van der Waals surface area contributed by atoms with Crippen LogP contribution >= 0.6 is 22.9 Å². The van der Waals surface area contributed by atoms with Crippen LogP contribution in [0.1, 0.15) is 20.8 Å². The minimum absolute atomic E-state index is 0.00799. The molecule has 3 aromatic rings. The number of hydrogen-bond acceptors (Lipinski definition) is 4. The van der Waals surface area contributed by atoms with Crippen molar-refractivity contribution in [1.82, 2.24) is 10.7 Å². The van der Waals surface area contributed by atoms with E-state index in [0.29, 0.717) is 5.56 Å². The van der Waals surface area contributed by atoms with Crippen molar-refractivity contribution in [3.63, 3.8) is 0 Å². The molecular weight excluding hydrogens is 413 g/mol. The lowest BCUT2D eigenvalue weighted by Crippen LogP contribution is -2.32. The van der Waals surface area contributed by atoms with Gasteiger partial charge in [0.1, 0.15) is 11.5 Å². The summed E-state index contributed by atoms with van der Waals surface area (Å²) in [4.78, 5) is 25.9. The quantitative estimate of drug-likeness (QED) is 0.346. The number of benzene rings is 2. The zero-order valence-electron chi connectivity index (χ0n) is 14.9. The van der Waals surface area contributed by atoms with E-state index in [0.717, 1.165) is 4.88 Å². The molecule has 2 N–H and O–H groups in total. The number of nitrogens with one attached hydrogen (secondary N) is 2. The molecule has 0 aliphatic carbocycles. The number of thiophene rings is 1. The highest BCUT2D eigenvalue weighted by Crippen LogP contribution is 2.16. The SMILES string of the molecule is O=C(N/N=C/c1ccc(F)cc1)/C(=C/c1cccs1)NC(=O)c1ccccc1Cl. The molecule has 1 aromatic heterocycles. The minimum Gasteiger partial charge on any atom is -0.317 e. The normalized spacial score (nSPS) is 11.4. The maximum atomic E-state index is 12.9. The van der Waals surface area contributed by atoms with Gasteiger partial charge in [0.25, 0.3) is 11.8 Å². The Labute approximate surface area is 175 Å². The Bertz CT molecular complexity index is 1060. The first-order valence-corrected chi connectivity index (χ1v) is 9.69. The summed E-state index contributed by atoms with van der Waals surface area (Å²) in [7, 11) is 0. The number of hydrazone groups is 1. The summed E-state index contributed by atoms with van der Waals surface area (Å²) in [5, 5.41) is 8.56. The standard InChI is InChI=1S/C21H15ClFN3O2S/c22-18-6-2-1-5-17(18)20(27)25-19(12-16-4-3-11-29-16)21(28)26-24-13-14-7-9-15(23)10-8-14/h1-13H,(H,25,27)(H,26,28)/b19-12-,24-13+. The van der Waals surface area contributed by atoms with Crippen LogP contribution in [0.4, 0.5) is 4.39 Å². The Kier molecular flexibility index (Phi) is 6.89. The molecule has 8 heteroatoms. The van der Waals surface area contributed by atoms with Gasteiger partial charge in [-0.05, 0) is 47.4 Å². The zero-order valence-corrected chi connectivity index (χ0v) is 16.5. The molecule has 146 valence electrons. The summed E-state index contributed by atoms with van der Waals surface area (Å²) in [5.41, 5.74) is 3.21. The van der Waals surface area contributed by atoms with Gasteiger partial charge in [-0.15, -0.1) is 11.3 Å². The first kappa shape index (κ1) is 20.4. The van der Waals surface area contributed by atoms with E-state index in [4.69, 9.17) is 11.6 Å². The van der Waals surface area contributed by atoms with Crippen LogP contribution in [0.3, 0.4) is 0 Å². The van der Waals surface area contributed by atoms with Crippen LogP contribution in [0.15, 0.2) is 76.8 Å². The van der Waals surface area contributed by atoms with Crippen molar-refractivity contribution in [2.24, 2.45) is 5.10 Å². The van der Waals surface area contributed by atoms with Gasteiger partial charge in [-0.25, -0.2) is 9.82 Å². The van der Waals surface area contributed by atoms with Gasteiger partial charge in [0.05, 0.1) is 16.8 Å². The second-order valence-electron chi connectivity index (χ2n) is 5.76. The predicted molar refractivity (Wildman–Crippen MR) is 113 cm³/mol. The first-order valence-electron chi connectivity index (χ1n) is 8.43. The van der Waals surface area contributed by atoms with Crippen molar-refractivity contribution in [2.75, 3.05) is 0 Å². The highest BCUT2D eigenvalue weighted by molar-refractivity contribution is 7.10. The van der Waals surface area contributed by atoms with Gasteiger partial charge in [0, 0.05) is 4.88 Å². The van der Waals surface area contributed by atoms with E-state index in [1.54, 1.807) is 36.4 Å². The topological polar surface area (TPSA) is 70.6 Å². The maximum Gasteiger partial charge on any atom is 0.287 e. The number of amides is 2. The van der Waals surface area contributed by atoms with Gasteiger partial charge < -0.3 is 5.32 Å². The predicted octanol–water partition coefficient (Wildman–Crippen LogP) is 4.46. The van der Waals surface area contributed by atoms with Crippen molar-refractivity contribution in [3.8, 4) is 0 Å². The molecule has 29 heavy (non-hydrogen) atoms. The summed E-state index contributed by atoms with van der Waals surface area (Å²) < 4.78 is 12.9. The zero-order chi connectivity index (χ0) is 20.6. The Morgan fingerprint density at radius 2 is 1.79 bits per heavy atom. The monoisotopic (exact) mass is 427 g/mol. The fourth-order valence-corrected chi connectivity index (χ4v) is 3.16. The summed E-state index contributed by atoms with van der Waals surface area (Å²) in [6.45, 7) is 0. The van der Waals surface area contributed by atoms with Crippen molar-refractivity contribution < 1.29 is 14.0 Å². The molecule has 0 aliphatic rings. The molecule has 0 atom stereocenters. The second kappa shape index (κ2) is 9.77. The Morgan fingerprint density at radius 1 is 1.03 bits per heavy atom. The van der Waals surface area contributed by atoms with E-state index in [1.165, 1.54) is 41.8 Å². The second-order valence-corrected chi connectivity index (χ2v) is 7.14. The molecule has 3 rings (SSSR count). The molecular formula is C21H15ClFN3O2S. The third-order valence-corrected chi connectivity index (χ3v) is 4.84. The highest BCUT2D eigenvalue weighted by Gasteiger charge is 2.16. The smallest absolute Gasteiger partial charge is 0.287 e. The van der Waals surface area contributed by atoms with Crippen LogP contribution in [-0.4, -0.2) is 18.0 Å². The van der Waals surface area contributed by atoms with Crippen LogP contribution in [0.2, 0.25) is 5.02 Å². The fourth-order valence-electron chi connectivity index (χ4n) is 2.28. The van der Waals surface area contributed by atoms with Crippen molar-refractivity contribution in [3.05, 3.63) is 98.6 Å². The minimum atomic E-state index is -0.614. The van der Waals surface area contributed by atoms with Crippen LogP contribution in [-0.2, 0) is 4.79 Å². The number of halogens is 2. The number of carbonyl (C=O) groups is 2. The third kappa shape index (κ3) is 5.84. The lowest BCUT2D eigenvalue weighted by atomic mass is 10.2. The van der Waals surface area contributed by atoms with Gasteiger partial charge in [0.2, 0.25) is 0 Å². The van der Waals surface area contributed by atoms with Crippen LogP contribution in [0.25, 0.3) is 6.08 Å². The highest BCUT2D eigenvalue weighted by atomic mass is 35.5. The average molecular weight is 428 g/mol. The van der Waals surface area contributed by atoms with E-state index < -0.39 is 11.8 Å². The first-order chi connectivity index (χ1) is 14.0.